The highest BCUT2D eigenvalue weighted by Crippen LogP contribution is 2.58. The lowest BCUT2D eigenvalue weighted by molar-refractivity contribution is -0.0615. The van der Waals surface area contributed by atoms with Gasteiger partial charge in [-0.05, 0) is 73.2 Å². The molecule has 144 valence electrons. The Labute approximate surface area is 169 Å². The maximum atomic E-state index is 12.2. The van der Waals surface area contributed by atoms with Crippen LogP contribution in [0.4, 0.5) is 10.6 Å². The SMILES string of the molecule is CN(c1ccc(I)nn1)C1CC2(C)CCC(C)(C1C(C)(C)C)N2C(=O)O. The Morgan fingerprint density at radius 2 is 1.96 bits per heavy atom. The quantitative estimate of drug-likeness (QED) is 0.653. The van der Waals surface area contributed by atoms with Crippen LogP contribution in [0.25, 0.3) is 0 Å². The standard InChI is InChI=1S/C19H29IN4O2/c1-17(2,3)15-12(23(6)14-8-7-13(20)21-22-14)11-18(4)9-10-19(15,5)24(18)16(25)26/h7-8,12,15H,9-11H2,1-6H3,(H,25,26). The van der Waals surface area contributed by atoms with Crippen LogP contribution in [0, 0.1) is 15.0 Å². The van der Waals surface area contributed by atoms with Crippen molar-refractivity contribution in [3.05, 3.63) is 15.8 Å². The van der Waals surface area contributed by atoms with Crippen LogP contribution in [0.3, 0.4) is 0 Å². The lowest BCUT2D eigenvalue weighted by atomic mass is 9.62. The van der Waals surface area contributed by atoms with E-state index in [0.717, 1.165) is 28.8 Å². The van der Waals surface area contributed by atoms with Gasteiger partial charge in [0.05, 0.1) is 0 Å². The first-order valence-electron chi connectivity index (χ1n) is 9.15. The Bertz CT molecular complexity index is 704. The van der Waals surface area contributed by atoms with E-state index in [1.807, 2.05) is 12.1 Å². The molecule has 1 aromatic rings. The fourth-order valence-corrected chi connectivity index (χ4v) is 6.11. The molecule has 2 bridgehead atoms. The van der Waals surface area contributed by atoms with Crippen LogP contribution in [0.2, 0.25) is 0 Å². The minimum Gasteiger partial charge on any atom is -0.465 e. The number of carbonyl (C=O) groups is 1. The summed E-state index contributed by atoms with van der Waals surface area (Å²) in [5.41, 5.74) is -0.756. The topological polar surface area (TPSA) is 69.6 Å². The molecule has 6 nitrogen and oxygen atoms in total. The van der Waals surface area contributed by atoms with Crippen LogP contribution in [0.5, 0.6) is 0 Å². The van der Waals surface area contributed by atoms with E-state index in [0.29, 0.717) is 0 Å². The first-order chi connectivity index (χ1) is 11.9. The summed E-state index contributed by atoms with van der Waals surface area (Å²) in [6.45, 7) is 10.9. The molecule has 7 heteroatoms. The Morgan fingerprint density at radius 3 is 2.46 bits per heavy atom. The van der Waals surface area contributed by atoms with E-state index in [1.54, 1.807) is 4.90 Å². The van der Waals surface area contributed by atoms with Crippen molar-refractivity contribution in [3.63, 3.8) is 0 Å². The largest absolute Gasteiger partial charge is 0.465 e. The van der Waals surface area contributed by atoms with Crippen molar-refractivity contribution in [1.82, 2.24) is 15.1 Å². The summed E-state index contributed by atoms with van der Waals surface area (Å²) in [4.78, 5) is 16.2. The van der Waals surface area contributed by atoms with E-state index >= 15 is 0 Å². The number of carboxylic acid groups (broad SMARTS) is 1. The molecule has 1 aromatic heterocycles. The number of amides is 1. The van der Waals surface area contributed by atoms with E-state index in [9.17, 15) is 9.90 Å². The molecule has 3 rings (SSSR count). The van der Waals surface area contributed by atoms with Gasteiger partial charge < -0.3 is 10.0 Å². The highest BCUT2D eigenvalue weighted by atomic mass is 127. The molecule has 0 spiro atoms. The van der Waals surface area contributed by atoms with Gasteiger partial charge in [0, 0.05) is 30.1 Å². The summed E-state index contributed by atoms with van der Waals surface area (Å²) in [6, 6.07) is 4.18. The van der Waals surface area contributed by atoms with Crippen molar-refractivity contribution in [2.75, 3.05) is 11.9 Å². The minimum absolute atomic E-state index is 0.0380. The smallest absolute Gasteiger partial charge is 0.408 e. The summed E-state index contributed by atoms with van der Waals surface area (Å²) in [7, 11) is 2.07. The van der Waals surface area contributed by atoms with Gasteiger partial charge in [0.25, 0.3) is 0 Å². The molecule has 1 amide bonds. The number of piperidine rings is 1. The van der Waals surface area contributed by atoms with Crippen molar-refractivity contribution in [2.24, 2.45) is 11.3 Å². The molecule has 4 unspecified atom stereocenters. The second-order valence-corrected chi connectivity index (χ2v) is 10.5. The molecule has 0 radical (unpaired) electrons. The second kappa shape index (κ2) is 6.21. The molecular formula is C19H29IN4O2. The van der Waals surface area contributed by atoms with Crippen LogP contribution in [0.1, 0.15) is 53.9 Å². The van der Waals surface area contributed by atoms with E-state index in [4.69, 9.17) is 0 Å². The Balaban J connectivity index is 2.08. The first kappa shape index (κ1) is 19.6. The molecule has 2 aliphatic heterocycles. The third-order valence-electron chi connectivity index (χ3n) is 6.53. The van der Waals surface area contributed by atoms with Gasteiger partial charge in [-0.15, -0.1) is 10.2 Å². The third-order valence-corrected chi connectivity index (χ3v) is 7.10. The van der Waals surface area contributed by atoms with Gasteiger partial charge in [-0.2, -0.15) is 0 Å². The maximum absolute atomic E-state index is 12.2. The van der Waals surface area contributed by atoms with Crippen LogP contribution < -0.4 is 4.90 Å². The second-order valence-electron chi connectivity index (χ2n) is 9.41. The van der Waals surface area contributed by atoms with Gasteiger partial charge in [0.1, 0.15) is 3.70 Å². The Hall–Kier alpha value is -1.12. The number of aromatic nitrogens is 2. The molecule has 3 heterocycles. The summed E-state index contributed by atoms with van der Waals surface area (Å²) in [5, 5.41) is 18.6. The summed E-state index contributed by atoms with van der Waals surface area (Å²) in [6.07, 6.45) is 1.82. The highest BCUT2D eigenvalue weighted by Gasteiger charge is 2.65. The number of hydrogen-bond acceptors (Lipinski definition) is 4. The van der Waals surface area contributed by atoms with Gasteiger partial charge in [0.15, 0.2) is 5.82 Å². The van der Waals surface area contributed by atoms with Gasteiger partial charge in [-0.25, -0.2) is 4.79 Å². The lowest BCUT2D eigenvalue weighted by Crippen LogP contribution is -2.69. The number of hydrogen-bond donors (Lipinski definition) is 1. The molecule has 2 aliphatic rings. The zero-order valence-electron chi connectivity index (χ0n) is 16.5. The lowest BCUT2D eigenvalue weighted by Gasteiger charge is -2.59. The Kier molecular flexibility index (Phi) is 4.69. The average Bonchev–Trinajstić information content (AvgIpc) is 2.70. The number of anilines is 1. The van der Waals surface area contributed by atoms with E-state index in [2.05, 4.69) is 79.4 Å². The zero-order chi connectivity index (χ0) is 19.5. The van der Waals surface area contributed by atoms with Gasteiger partial charge in [-0.1, -0.05) is 20.8 Å². The molecule has 0 aromatic carbocycles. The van der Waals surface area contributed by atoms with E-state index in [1.165, 1.54) is 0 Å². The summed E-state index contributed by atoms with van der Waals surface area (Å²) in [5.74, 6) is 1.03. The molecular weight excluding hydrogens is 443 g/mol. The third kappa shape index (κ3) is 2.96. The predicted octanol–water partition coefficient (Wildman–Crippen LogP) is 4.24. The molecule has 2 fully saturated rings. The molecule has 2 saturated heterocycles. The summed E-state index contributed by atoms with van der Waals surface area (Å²) < 4.78 is 0.867. The molecule has 4 atom stereocenters. The van der Waals surface area contributed by atoms with Gasteiger partial charge in [0.2, 0.25) is 0 Å². The molecule has 0 aliphatic carbocycles. The fourth-order valence-electron chi connectivity index (χ4n) is 5.82. The van der Waals surface area contributed by atoms with E-state index in [-0.39, 0.29) is 28.5 Å². The monoisotopic (exact) mass is 472 g/mol. The van der Waals surface area contributed by atoms with Crippen LogP contribution in [0.15, 0.2) is 12.1 Å². The van der Waals surface area contributed by atoms with Crippen molar-refractivity contribution < 1.29 is 9.90 Å². The Morgan fingerprint density at radius 1 is 1.31 bits per heavy atom. The first-order valence-corrected chi connectivity index (χ1v) is 10.2. The normalized spacial score (nSPS) is 34.0. The molecule has 0 saturated carbocycles. The summed E-state index contributed by atoms with van der Waals surface area (Å²) >= 11 is 2.16. The van der Waals surface area contributed by atoms with Crippen molar-refractivity contribution in [3.8, 4) is 0 Å². The van der Waals surface area contributed by atoms with Crippen LogP contribution in [-0.2, 0) is 0 Å². The average molecular weight is 472 g/mol. The van der Waals surface area contributed by atoms with Crippen LogP contribution in [-0.4, -0.2) is 50.5 Å². The van der Waals surface area contributed by atoms with Crippen molar-refractivity contribution in [2.45, 2.75) is 71.0 Å². The van der Waals surface area contributed by atoms with Crippen molar-refractivity contribution in [1.29, 1.82) is 0 Å². The molecule has 26 heavy (non-hydrogen) atoms. The minimum atomic E-state index is -0.795. The highest BCUT2D eigenvalue weighted by molar-refractivity contribution is 14.1. The fraction of sp³-hybridized carbons (Fsp3) is 0.737. The van der Waals surface area contributed by atoms with Crippen molar-refractivity contribution >= 4 is 34.5 Å². The predicted molar refractivity (Wildman–Crippen MR) is 110 cm³/mol. The number of rotatable bonds is 2. The number of nitrogens with zero attached hydrogens (tertiary/aromatic N) is 4. The maximum Gasteiger partial charge on any atom is 0.408 e. The van der Waals surface area contributed by atoms with Gasteiger partial charge >= 0.3 is 6.09 Å². The van der Waals surface area contributed by atoms with E-state index < -0.39 is 6.09 Å². The van der Waals surface area contributed by atoms with Gasteiger partial charge in [-0.3, -0.25) is 4.90 Å². The molecule has 1 N–H and O–H groups in total. The zero-order valence-corrected chi connectivity index (χ0v) is 18.6. The van der Waals surface area contributed by atoms with Crippen LogP contribution >= 0.6 is 22.6 Å². The number of halogens is 1. The number of fused-ring (bicyclic) bond motifs is 2.